The zero-order valence-corrected chi connectivity index (χ0v) is 14.4. The standard InChI is InChI=1S/C20H13F2N5O/c21-13-6-7-15(14(22)11-13)25-20(28)17-8-9-18(27-26-17)24-16-5-1-3-12-4-2-10-23-19(12)16/h1-11H,(H,24,27)(H,25,28). The number of nitrogens with zero attached hydrogens (tertiary/aromatic N) is 3. The molecule has 0 aliphatic carbocycles. The highest BCUT2D eigenvalue weighted by molar-refractivity contribution is 6.03. The van der Waals surface area contributed by atoms with E-state index in [4.69, 9.17) is 0 Å². The maximum Gasteiger partial charge on any atom is 0.276 e. The highest BCUT2D eigenvalue weighted by atomic mass is 19.1. The van der Waals surface area contributed by atoms with E-state index >= 15 is 0 Å². The van der Waals surface area contributed by atoms with Gasteiger partial charge in [0, 0.05) is 17.6 Å². The SMILES string of the molecule is O=C(Nc1ccc(F)cc1F)c1ccc(Nc2cccc3cccnc23)nn1. The normalized spacial score (nSPS) is 10.6. The van der Waals surface area contributed by atoms with Gasteiger partial charge < -0.3 is 10.6 Å². The number of hydrogen-bond donors (Lipinski definition) is 2. The minimum Gasteiger partial charge on any atom is -0.337 e. The summed E-state index contributed by atoms with van der Waals surface area (Å²) in [5, 5.41) is 14.2. The Labute approximate surface area is 158 Å². The summed E-state index contributed by atoms with van der Waals surface area (Å²) < 4.78 is 26.6. The topological polar surface area (TPSA) is 79.8 Å². The third-order valence-corrected chi connectivity index (χ3v) is 3.97. The number of halogens is 2. The molecule has 0 fully saturated rings. The van der Waals surface area contributed by atoms with Crippen molar-refractivity contribution in [1.29, 1.82) is 0 Å². The molecule has 0 saturated heterocycles. The summed E-state index contributed by atoms with van der Waals surface area (Å²) >= 11 is 0. The predicted molar refractivity (Wildman–Crippen MR) is 101 cm³/mol. The zero-order chi connectivity index (χ0) is 19.5. The maximum atomic E-state index is 13.7. The number of aromatic nitrogens is 3. The van der Waals surface area contributed by atoms with Crippen LogP contribution in [0.25, 0.3) is 10.9 Å². The molecule has 0 saturated carbocycles. The van der Waals surface area contributed by atoms with Gasteiger partial charge in [0.2, 0.25) is 0 Å². The summed E-state index contributed by atoms with van der Waals surface area (Å²) in [5.41, 5.74) is 1.38. The first-order valence-electron chi connectivity index (χ1n) is 8.31. The predicted octanol–water partition coefficient (Wildman–Crippen LogP) is 4.30. The zero-order valence-electron chi connectivity index (χ0n) is 14.4. The van der Waals surface area contributed by atoms with Gasteiger partial charge in [-0.2, -0.15) is 0 Å². The molecule has 2 aromatic carbocycles. The number of carbonyl (C=O) groups excluding carboxylic acids is 1. The lowest BCUT2D eigenvalue weighted by Crippen LogP contribution is -2.15. The highest BCUT2D eigenvalue weighted by Gasteiger charge is 2.12. The van der Waals surface area contributed by atoms with Crippen molar-refractivity contribution in [1.82, 2.24) is 15.2 Å². The Hall–Kier alpha value is -3.94. The molecule has 2 heterocycles. The fourth-order valence-corrected chi connectivity index (χ4v) is 2.64. The number of fused-ring (bicyclic) bond motifs is 1. The second-order valence-corrected chi connectivity index (χ2v) is 5.89. The molecule has 2 aromatic heterocycles. The molecule has 1 amide bonds. The van der Waals surface area contributed by atoms with E-state index in [9.17, 15) is 13.6 Å². The summed E-state index contributed by atoms with van der Waals surface area (Å²) in [6.45, 7) is 0. The van der Waals surface area contributed by atoms with Crippen LogP contribution in [0.1, 0.15) is 10.5 Å². The number of hydrogen-bond acceptors (Lipinski definition) is 5. The molecule has 0 radical (unpaired) electrons. The Morgan fingerprint density at radius 1 is 0.893 bits per heavy atom. The molecular formula is C20H13F2N5O. The average molecular weight is 377 g/mol. The van der Waals surface area contributed by atoms with Crippen LogP contribution in [0, 0.1) is 11.6 Å². The fourth-order valence-electron chi connectivity index (χ4n) is 2.64. The number of amides is 1. The molecule has 4 aromatic rings. The molecule has 0 atom stereocenters. The number of para-hydroxylation sites is 1. The minimum atomic E-state index is -0.872. The molecule has 0 aliphatic rings. The molecule has 0 aliphatic heterocycles. The maximum absolute atomic E-state index is 13.7. The van der Waals surface area contributed by atoms with E-state index in [-0.39, 0.29) is 11.4 Å². The van der Waals surface area contributed by atoms with Gasteiger partial charge in [-0.25, -0.2) is 8.78 Å². The van der Waals surface area contributed by atoms with E-state index in [1.165, 1.54) is 6.07 Å². The van der Waals surface area contributed by atoms with Crippen molar-refractivity contribution in [3.05, 3.63) is 84.2 Å². The van der Waals surface area contributed by atoms with Gasteiger partial charge >= 0.3 is 0 Å². The van der Waals surface area contributed by atoms with E-state index in [1.807, 2.05) is 30.3 Å². The Balaban J connectivity index is 1.51. The van der Waals surface area contributed by atoms with Gasteiger partial charge in [0.25, 0.3) is 5.91 Å². The quantitative estimate of drug-likeness (QED) is 0.554. The Morgan fingerprint density at radius 2 is 1.75 bits per heavy atom. The summed E-state index contributed by atoms with van der Waals surface area (Å²) in [5.74, 6) is -1.84. The lowest BCUT2D eigenvalue weighted by atomic mass is 10.2. The Bertz CT molecular complexity index is 1160. The summed E-state index contributed by atoms with van der Waals surface area (Å²) in [4.78, 5) is 16.5. The van der Waals surface area contributed by atoms with Crippen LogP contribution in [-0.2, 0) is 0 Å². The first-order chi connectivity index (χ1) is 13.6. The van der Waals surface area contributed by atoms with Crippen molar-refractivity contribution in [3.63, 3.8) is 0 Å². The molecule has 8 heteroatoms. The van der Waals surface area contributed by atoms with Crippen LogP contribution in [0.15, 0.2) is 66.9 Å². The molecule has 4 rings (SSSR count). The third kappa shape index (κ3) is 3.61. The molecule has 2 N–H and O–H groups in total. The van der Waals surface area contributed by atoms with Crippen molar-refractivity contribution >= 4 is 34.0 Å². The van der Waals surface area contributed by atoms with Gasteiger partial charge in [0.15, 0.2) is 11.5 Å². The van der Waals surface area contributed by atoms with Gasteiger partial charge in [0.05, 0.1) is 16.9 Å². The van der Waals surface area contributed by atoms with Crippen LogP contribution in [-0.4, -0.2) is 21.1 Å². The van der Waals surface area contributed by atoms with Crippen molar-refractivity contribution in [2.75, 3.05) is 10.6 Å². The van der Waals surface area contributed by atoms with Gasteiger partial charge in [-0.15, -0.1) is 10.2 Å². The Morgan fingerprint density at radius 3 is 2.54 bits per heavy atom. The number of rotatable bonds is 4. The number of pyridine rings is 1. The second-order valence-electron chi connectivity index (χ2n) is 5.89. The Kier molecular flexibility index (Phi) is 4.59. The van der Waals surface area contributed by atoms with E-state index in [1.54, 1.807) is 12.3 Å². The molecule has 0 spiro atoms. The number of nitrogens with one attached hydrogen (secondary N) is 2. The first kappa shape index (κ1) is 17.5. The average Bonchev–Trinajstić information content (AvgIpc) is 2.71. The fraction of sp³-hybridized carbons (Fsp3) is 0. The first-order valence-corrected chi connectivity index (χ1v) is 8.31. The van der Waals surface area contributed by atoms with Crippen molar-refractivity contribution in [2.45, 2.75) is 0 Å². The minimum absolute atomic E-state index is 0.00896. The number of carbonyl (C=O) groups is 1. The lowest BCUT2D eigenvalue weighted by Gasteiger charge is -2.09. The van der Waals surface area contributed by atoms with E-state index in [2.05, 4.69) is 25.8 Å². The van der Waals surface area contributed by atoms with Gasteiger partial charge in [0.1, 0.15) is 11.6 Å². The largest absolute Gasteiger partial charge is 0.337 e. The van der Waals surface area contributed by atoms with Crippen molar-refractivity contribution < 1.29 is 13.6 Å². The van der Waals surface area contributed by atoms with Crippen LogP contribution < -0.4 is 10.6 Å². The molecule has 6 nitrogen and oxygen atoms in total. The number of benzene rings is 2. The molecular weight excluding hydrogens is 364 g/mol. The summed E-state index contributed by atoms with van der Waals surface area (Å²) in [6.07, 6.45) is 1.70. The van der Waals surface area contributed by atoms with Crippen LogP contribution in [0.3, 0.4) is 0 Å². The third-order valence-electron chi connectivity index (χ3n) is 3.97. The smallest absolute Gasteiger partial charge is 0.276 e. The molecule has 0 unspecified atom stereocenters. The van der Waals surface area contributed by atoms with E-state index in [0.717, 1.165) is 28.7 Å². The van der Waals surface area contributed by atoms with Crippen molar-refractivity contribution in [3.8, 4) is 0 Å². The van der Waals surface area contributed by atoms with Crippen LogP contribution in [0.5, 0.6) is 0 Å². The number of anilines is 3. The lowest BCUT2D eigenvalue weighted by molar-refractivity contribution is 0.102. The van der Waals surface area contributed by atoms with Crippen LogP contribution in [0.4, 0.5) is 26.0 Å². The van der Waals surface area contributed by atoms with E-state index < -0.39 is 17.5 Å². The molecule has 0 bridgehead atoms. The van der Waals surface area contributed by atoms with E-state index in [0.29, 0.717) is 11.9 Å². The van der Waals surface area contributed by atoms with Gasteiger partial charge in [-0.3, -0.25) is 9.78 Å². The van der Waals surface area contributed by atoms with Crippen LogP contribution >= 0.6 is 0 Å². The highest BCUT2D eigenvalue weighted by Crippen LogP contribution is 2.23. The summed E-state index contributed by atoms with van der Waals surface area (Å²) in [6, 6.07) is 15.4. The molecule has 138 valence electrons. The molecule has 28 heavy (non-hydrogen) atoms. The summed E-state index contributed by atoms with van der Waals surface area (Å²) in [7, 11) is 0. The second kappa shape index (κ2) is 7.36. The monoisotopic (exact) mass is 377 g/mol. The van der Waals surface area contributed by atoms with Gasteiger partial charge in [-0.1, -0.05) is 18.2 Å². The van der Waals surface area contributed by atoms with Crippen LogP contribution in [0.2, 0.25) is 0 Å². The van der Waals surface area contributed by atoms with Gasteiger partial charge in [-0.05, 0) is 36.4 Å². The van der Waals surface area contributed by atoms with Crippen molar-refractivity contribution in [2.24, 2.45) is 0 Å².